The van der Waals surface area contributed by atoms with Gasteiger partial charge in [-0.25, -0.2) is 14.4 Å². The highest BCUT2D eigenvalue weighted by Gasteiger charge is 2.11. The zero-order chi connectivity index (χ0) is 20.9. The highest BCUT2D eigenvalue weighted by molar-refractivity contribution is 5.96. The van der Waals surface area contributed by atoms with Crippen LogP contribution in [0.4, 0.5) is 0 Å². The van der Waals surface area contributed by atoms with Gasteiger partial charge < -0.3 is 18.9 Å². The Morgan fingerprint density at radius 2 is 1.25 bits per heavy atom. The Morgan fingerprint density at radius 1 is 0.786 bits per heavy atom. The number of ketones is 1. The van der Waals surface area contributed by atoms with E-state index < -0.39 is 17.9 Å². The van der Waals surface area contributed by atoms with Crippen molar-refractivity contribution in [1.82, 2.24) is 0 Å². The second kappa shape index (κ2) is 12.4. The monoisotopic (exact) mass is 392 g/mol. The molecule has 0 bridgehead atoms. The average molecular weight is 392 g/mol. The molecule has 0 fully saturated rings. The molecule has 0 saturated carbocycles. The van der Waals surface area contributed by atoms with Gasteiger partial charge in [-0.2, -0.15) is 0 Å². The first-order chi connectivity index (χ1) is 13.3. The van der Waals surface area contributed by atoms with Gasteiger partial charge in [0.15, 0.2) is 5.78 Å². The molecule has 0 atom stereocenters. The molecule has 0 aliphatic carbocycles. The lowest BCUT2D eigenvalue weighted by Crippen LogP contribution is -2.14. The summed E-state index contributed by atoms with van der Waals surface area (Å²) < 4.78 is 19.6. The molecular weight excluding hydrogens is 368 g/mol. The summed E-state index contributed by atoms with van der Waals surface area (Å²) in [5, 5.41) is 0. The van der Waals surface area contributed by atoms with Crippen molar-refractivity contribution in [1.29, 1.82) is 0 Å². The Labute approximate surface area is 163 Å². The smallest absolute Gasteiger partial charge is 0.338 e. The molecule has 0 saturated heterocycles. The fourth-order valence-corrected chi connectivity index (χ4v) is 1.79. The van der Waals surface area contributed by atoms with E-state index in [2.05, 4.69) is 0 Å². The van der Waals surface area contributed by atoms with Crippen molar-refractivity contribution in [3.63, 3.8) is 0 Å². The van der Waals surface area contributed by atoms with Crippen LogP contribution in [0.15, 0.2) is 36.4 Å². The zero-order valence-electron chi connectivity index (χ0n) is 16.1. The molecule has 28 heavy (non-hydrogen) atoms. The first kappa shape index (κ1) is 23.0. The highest BCUT2D eigenvalue weighted by atomic mass is 16.6. The molecule has 8 heteroatoms. The summed E-state index contributed by atoms with van der Waals surface area (Å²) in [6.07, 6.45) is 2.19. The maximum atomic E-state index is 11.9. The molecule has 0 amide bonds. The average Bonchev–Trinajstić information content (AvgIpc) is 2.69. The summed E-state index contributed by atoms with van der Waals surface area (Å²) in [5.74, 6) is -2.23. The SMILES string of the molecule is COCCOC(=O)c1ccc(C(=O)OCCOC(=O)/C=C/C(=O)C(C)C)cc1. The Bertz CT molecular complexity index is 703. The van der Waals surface area contributed by atoms with Crippen molar-refractivity contribution in [2.45, 2.75) is 13.8 Å². The second-order valence-electron chi connectivity index (χ2n) is 5.90. The number of ether oxygens (including phenoxy) is 4. The third-order valence-corrected chi connectivity index (χ3v) is 3.39. The minimum Gasteiger partial charge on any atom is -0.460 e. The molecule has 152 valence electrons. The molecule has 0 aliphatic heterocycles. The van der Waals surface area contributed by atoms with Crippen molar-refractivity contribution in [3.8, 4) is 0 Å². The number of hydrogen-bond donors (Lipinski definition) is 0. The van der Waals surface area contributed by atoms with E-state index in [9.17, 15) is 19.2 Å². The number of methoxy groups -OCH3 is 1. The van der Waals surface area contributed by atoms with E-state index in [-0.39, 0.29) is 37.1 Å². The van der Waals surface area contributed by atoms with Crippen LogP contribution in [0.2, 0.25) is 0 Å². The molecule has 1 rings (SSSR count). The molecule has 8 nitrogen and oxygen atoms in total. The maximum Gasteiger partial charge on any atom is 0.338 e. The Morgan fingerprint density at radius 3 is 1.71 bits per heavy atom. The van der Waals surface area contributed by atoms with Gasteiger partial charge in [0.1, 0.15) is 19.8 Å². The quantitative estimate of drug-likeness (QED) is 0.244. The third kappa shape index (κ3) is 8.59. The van der Waals surface area contributed by atoms with Gasteiger partial charge in [0.05, 0.1) is 17.7 Å². The lowest BCUT2D eigenvalue weighted by molar-refractivity contribution is -0.139. The predicted octanol–water partition coefficient (Wildman–Crippen LogP) is 1.97. The van der Waals surface area contributed by atoms with Crippen molar-refractivity contribution in [2.24, 2.45) is 5.92 Å². The van der Waals surface area contributed by atoms with Gasteiger partial charge in [0.2, 0.25) is 0 Å². The topological polar surface area (TPSA) is 105 Å². The number of allylic oxidation sites excluding steroid dienone is 1. The predicted molar refractivity (Wildman–Crippen MR) is 98.8 cm³/mol. The van der Waals surface area contributed by atoms with Crippen LogP contribution in [0.3, 0.4) is 0 Å². The molecule has 0 unspecified atom stereocenters. The summed E-state index contributed by atoms with van der Waals surface area (Å²) in [4.78, 5) is 46.4. The highest BCUT2D eigenvalue weighted by Crippen LogP contribution is 2.07. The fourth-order valence-electron chi connectivity index (χ4n) is 1.79. The first-order valence-electron chi connectivity index (χ1n) is 8.67. The van der Waals surface area contributed by atoms with Crippen molar-refractivity contribution in [3.05, 3.63) is 47.5 Å². The van der Waals surface area contributed by atoms with E-state index in [1.165, 1.54) is 31.4 Å². The summed E-state index contributed by atoms with van der Waals surface area (Å²) in [7, 11) is 1.50. The summed E-state index contributed by atoms with van der Waals surface area (Å²) in [5.41, 5.74) is 0.534. The minimum atomic E-state index is -0.693. The number of carbonyl (C=O) groups is 4. The van der Waals surface area contributed by atoms with E-state index in [1.54, 1.807) is 13.8 Å². The number of benzene rings is 1. The van der Waals surface area contributed by atoms with E-state index in [1.807, 2.05) is 0 Å². The van der Waals surface area contributed by atoms with E-state index >= 15 is 0 Å². The second-order valence-corrected chi connectivity index (χ2v) is 5.90. The molecule has 0 N–H and O–H groups in total. The van der Waals surface area contributed by atoms with Crippen LogP contribution < -0.4 is 0 Å². The van der Waals surface area contributed by atoms with Gasteiger partial charge in [-0.15, -0.1) is 0 Å². The van der Waals surface area contributed by atoms with Crippen LogP contribution in [-0.2, 0) is 28.5 Å². The van der Waals surface area contributed by atoms with Gasteiger partial charge in [0, 0.05) is 19.1 Å². The van der Waals surface area contributed by atoms with Gasteiger partial charge in [0.25, 0.3) is 0 Å². The molecule has 0 radical (unpaired) electrons. The number of hydrogen-bond acceptors (Lipinski definition) is 8. The normalized spacial score (nSPS) is 10.7. The van der Waals surface area contributed by atoms with E-state index in [0.29, 0.717) is 12.2 Å². The van der Waals surface area contributed by atoms with E-state index in [0.717, 1.165) is 12.2 Å². The molecule has 0 heterocycles. The third-order valence-electron chi connectivity index (χ3n) is 3.39. The van der Waals surface area contributed by atoms with Crippen LogP contribution in [0.1, 0.15) is 34.6 Å². The molecule has 0 spiro atoms. The van der Waals surface area contributed by atoms with Crippen molar-refractivity contribution in [2.75, 3.05) is 33.5 Å². The first-order valence-corrected chi connectivity index (χ1v) is 8.67. The van der Waals surface area contributed by atoms with Crippen LogP contribution in [0, 0.1) is 5.92 Å². The molecular formula is C20H24O8. The molecule has 1 aromatic carbocycles. The summed E-state index contributed by atoms with van der Waals surface area (Å²) in [6.45, 7) is 3.58. The van der Waals surface area contributed by atoms with Crippen LogP contribution in [0.25, 0.3) is 0 Å². The number of carbonyl (C=O) groups excluding carboxylic acids is 4. The number of esters is 3. The lowest BCUT2D eigenvalue weighted by atomic mass is 10.1. The van der Waals surface area contributed by atoms with Gasteiger partial charge in [-0.05, 0) is 30.3 Å². The number of rotatable bonds is 11. The van der Waals surface area contributed by atoms with Crippen LogP contribution >= 0.6 is 0 Å². The standard InChI is InChI=1S/C20H24O8/c1-14(2)17(21)8-9-18(22)26-12-13-28-20(24)16-6-4-15(5-7-16)19(23)27-11-10-25-3/h4-9,14H,10-13H2,1-3H3/b9-8+. The Balaban J connectivity index is 2.36. The van der Waals surface area contributed by atoms with Crippen molar-refractivity contribution < 1.29 is 38.1 Å². The molecule has 0 aromatic heterocycles. The summed E-state index contributed by atoms with van der Waals surface area (Å²) in [6, 6.07) is 5.76. The van der Waals surface area contributed by atoms with Crippen LogP contribution in [0.5, 0.6) is 0 Å². The van der Waals surface area contributed by atoms with Crippen LogP contribution in [-0.4, -0.2) is 57.2 Å². The van der Waals surface area contributed by atoms with Gasteiger partial charge in [-0.1, -0.05) is 13.8 Å². The van der Waals surface area contributed by atoms with Gasteiger partial charge in [-0.3, -0.25) is 4.79 Å². The Hall–Kier alpha value is -3.00. The minimum absolute atomic E-state index is 0.138. The largest absolute Gasteiger partial charge is 0.460 e. The molecule has 1 aromatic rings. The lowest BCUT2D eigenvalue weighted by Gasteiger charge is -2.07. The fraction of sp³-hybridized carbons (Fsp3) is 0.400. The van der Waals surface area contributed by atoms with Crippen molar-refractivity contribution >= 4 is 23.7 Å². The van der Waals surface area contributed by atoms with E-state index in [4.69, 9.17) is 18.9 Å². The Kier molecular flexibility index (Phi) is 10.2. The molecule has 0 aliphatic rings. The maximum absolute atomic E-state index is 11.9. The zero-order valence-corrected chi connectivity index (χ0v) is 16.1. The summed E-state index contributed by atoms with van der Waals surface area (Å²) >= 11 is 0. The van der Waals surface area contributed by atoms with Gasteiger partial charge >= 0.3 is 17.9 Å².